The van der Waals surface area contributed by atoms with Gasteiger partial charge in [0.15, 0.2) is 6.10 Å². The molecule has 3 atom stereocenters. The lowest BCUT2D eigenvalue weighted by Crippen LogP contribution is -2.30. The summed E-state index contributed by atoms with van der Waals surface area (Å²) in [5.74, 6) is -11.4. The summed E-state index contributed by atoms with van der Waals surface area (Å²) in [6, 6.07) is 6.00. The molecule has 0 amide bonds. The SMILES string of the molecule is [B]C1([B])N(P(=O)(O[C@H](c2ccc([N+](=O)[O-])c3ccccc23)C(F)(F)F)N2C(O)(O)C2(O)O)C1(O)O. The van der Waals surface area contributed by atoms with Gasteiger partial charge in [0.2, 0.25) is 5.91 Å². The summed E-state index contributed by atoms with van der Waals surface area (Å²) in [5.41, 5.74) is -1.47. The van der Waals surface area contributed by atoms with E-state index >= 15 is 0 Å². The van der Waals surface area contributed by atoms with Crippen molar-refractivity contribution in [2.24, 2.45) is 0 Å². The largest absolute Gasteiger partial charge is 0.419 e. The number of rotatable bonds is 6. The van der Waals surface area contributed by atoms with Crippen molar-refractivity contribution < 1.29 is 57.8 Å². The average molecular weight is 517 g/mol. The molecule has 184 valence electrons. The van der Waals surface area contributed by atoms with Crippen LogP contribution in [-0.2, 0) is 9.09 Å². The zero-order valence-electron chi connectivity index (χ0n) is 16.9. The van der Waals surface area contributed by atoms with Crippen LogP contribution < -0.4 is 0 Å². The zero-order valence-corrected chi connectivity index (χ0v) is 17.8. The Morgan fingerprint density at radius 1 is 0.943 bits per heavy atom. The van der Waals surface area contributed by atoms with Gasteiger partial charge in [-0.05, 0) is 23.1 Å². The molecule has 0 aliphatic carbocycles. The molecule has 0 aromatic heterocycles. The maximum absolute atomic E-state index is 14.2. The summed E-state index contributed by atoms with van der Waals surface area (Å²) >= 11 is 0. The molecule has 2 saturated heterocycles. The highest BCUT2D eigenvalue weighted by atomic mass is 31.2. The Kier molecular flexibility index (Phi) is 5.36. The molecule has 2 heterocycles. The highest BCUT2D eigenvalue weighted by molar-refractivity contribution is 7.55. The number of alkyl halides is 3. The molecule has 2 fully saturated rings. The third kappa shape index (κ3) is 3.45. The molecule has 2 aliphatic heterocycles. The minimum Gasteiger partial charge on any atom is -0.353 e. The van der Waals surface area contributed by atoms with Gasteiger partial charge in [-0.2, -0.15) is 17.8 Å². The average Bonchev–Trinajstić information content (AvgIpc) is 3.33. The zero-order chi connectivity index (χ0) is 26.6. The van der Waals surface area contributed by atoms with Crippen LogP contribution in [0.3, 0.4) is 0 Å². The van der Waals surface area contributed by atoms with Crippen LogP contribution in [0.4, 0.5) is 18.9 Å². The van der Waals surface area contributed by atoms with Gasteiger partial charge in [-0.15, -0.1) is 0 Å². The Morgan fingerprint density at radius 2 is 1.43 bits per heavy atom. The van der Waals surface area contributed by atoms with Crippen molar-refractivity contribution in [3.05, 3.63) is 52.1 Å². The number of hydrogen-bond acceptors (Lipinski definition) is 10. The van der Waals surface area contributed by atoms with E-state index in [1.165, 1.54) is 12.1 Å². The van der Waals surface area contributed by atoms with E-state index < -0.39 is 73.9 Å². The number of aliphatic hydroxyl groups is 6. The molecule has 2 unspecified atom stereocenters. The molecule has 2 aromatic carbocycles. The summed E-state index contributed by atoms with van der Waals surface area (Å²) in [6.45, 7) is 0. The van der Waals surface area contributed by atoms with Gasteiger partial charge in [0, 0.05) is 11.4 Å². The third-order valence-corrected chi connectivity index (χ3v) is 8.25. The molecule has 6 N–H and O–H groups in total. The predicted octanol–water partition coefficient (Wildman–Crippen LogP) is -0.987. The maximum atomic E-state index is 14.2. The number of halogens is 3. The lowest BCUT2D eigenvalue weighted by atomic mass is 9.68. The van der Waals surface area contributed by atoms with Crippen molar-refractivity contribution in [1.29, 1.82) is 0 Å². The summed E-state index contributed by atoms with van der Waals surface area (Å²) in [4.78, 5) is 10.4. The smallest absolute Gasteiger partial charge is 0.353 e. The molecule has 0 bridgehead atoms. The van der Waals surface area contributed by atoms with Gasteiger partial charge in [-0.25, -0.2) is 0 Å². The van der Waals surface area contributed by atoms with E-state index in [1.54, 1.807) is 0 Å². The second-order valence-corrected chi connectivity index (χ2v) is 9.84. The van der Waals surface area contributed by atoms with Gasteiger partial charge in [0.1, 0.15) is 0 Å². The van der Waals surface area contributed by atoms with Crippen molar-refractivity contribution >= 4 is 39.8 Å². The second kappa shape index (κ2) is 7.23. The molecule has 4 radical (unpaired) electrons. The van der Waals surface area contributed by atoms with Crippen molar-refractivity contribution in [2.45, 2.75) is 35.4 Å². The van der Waals surface area contributed by atoms with E-state index in [0.717, 1.165) is 12.1 Å². The van der Waals surface area contributed by atoms with Gasteiger partial charge < -0.3 is 30.6 Å². The Morgan fingerprint density at radius 3 is 1.83 bits per heavy atom. The number of benzene rings is 2. The molecule has 0 saturated carbocycles. The molecule has 0 spiro atoms. The number of non-ortho nitro benzene ring substituents is 1. The summed E-state index contributed by atoms with van der Waals surface area (Å²) in [7, 11) is 4.66. The highest BCUT2D eigenvalue weighted by Crippen LogP contribution is 2.78. The van der Waals surface area contributed by atoms with Gasteiger partial charge >= 0.3 is 25.7 Å². The fourth-order valence-corrected chi connectivity index (χ4v) is 6.53. The number of hydrogen-bond donors (Lipinski definition) is 6. The van der Waals surface area contributed by atoms with Crippen molar-refractivity contribution in [1.82, 2.24) is 9.34 Å². The molecule has 35 heavy (non-hydrogen) atoms. The predicted molar refractivity (Wildman–Crippen MR) is 108 cm³/mol. The van der Waals surface area contributed by atoms with Gasteiger partial charge in [0.05, 0.1) is 26.0 Å². The van der Waals surface area contributed by atoms with Crippen molar-refractivity contribution in [2.75, 3.05) is 0 Å². The first-order valence-corrected chi connectivity index (χ1v) is 10.8. The minimum atomic E-state index is -5.99. The first-order valence-electron chi connectivity index (χ1n) is 9.29. The van der Waals surface area contributed by atoms with E-state index in [1.807, 2.05) is 0 Å². The normalized spacial score (nSPS) is 26.6. The van der Waals surface area contributed by atoms with Gasteiger partial charge in [-0.3, -0.25) is 19.2 Å². The molecule has 13 nitrogen and oxygen atoms in total. The van der Waals surface area contributed by atoms with E-state index in [2.05, 4.69) is 4.52 Å². The highest BCUT2D eigenvalue weighted by Gasteiger charge is 2.89. The molecule has 19 heteroatoms. The molecular weight excluding hydrogens is 504 g/mol. The maximum Gasteiger partial charge on any atom is 0.419 e. The van der Waals surface area contributed by atoms with Crippen molar-refractivity contribution in [3.63, 3.8) is 0 Å². The van der Waals surface area contributed by atoms with Crippen molar-refractivity contribution in [3.8, 4) is 0 Å². The minimum absolute atomic E-state index is 0.288. The third-order valence-electron chi connectivity index (χ3n) is 5.58. The summed E-state index contributed by atoms with van der Waals surface area (Å²) in [5, 5.41) is 66.3. The Bertz CT molecular complexity index is 1230. The number of nitro benzene ring substituents is 1. The Labute approximate surface area is 195 Å². The topological polar surface area (TPSA) is 197 Å². The Balaban J connectivity index is 1.91. The summed E-state index contributed by atoms with van der Waals surface area (Å²) < 4.78 is 59.8. The first-order chi connectivity index (χ1) is 15.7. The number of nitro groups is 1. The standard InChI is InChI=1S/C16H13B2F3N3O10P/c17-13(18)14(25,26)23(13)35(33,24-15(27,28)16(24,29)30)34-11(12(19,20)21)9-5-6-10(22(31)32)8-4-2-1-3-7(8)9/h1-6,11,25-30H/t11-,23?,35?/m1/s1. The molecule has 2 aliphatic rings. The Hall–Kier alpha value is -2.11. The second-order valence-electron chi connectivity index (χ2n) is 7.85. The van der Waals surface area contributed by atoms with E-state index in [4.69, 9.17) is 15.7 Å². The van der Waals surface area contributed by atoms with Crippen LogP contribution in [0.1, 0.15) is 11.7 Å². The van der Waals surface area contributed by atoms with Crippen LogP contribution in [-0.4, -0.2) is 89.8 Å². The lowest BCUT2D eigenvalue weighted by Gasteiger charge is -2.30. The van der Waals surface area contributed by atoms with Crippen LogP contribution in [0.2, 0.25) is 0 Å². The number of fused-ring (bicyclic) bond motifs is 1. The van der Waals surface area contributed by atoms with E-state index in [-0.39, 0.29) is 5.39 Å². The van der Waals surface area contributed by atoms with E-state index in [0.29, 0.717) is 12.1 Å². The molecular formula is C16H13B2F3N3O10P. The quantitative estimate of drug-likeness (QED) is 0.0685. The summed E-state index contributed by atoms with van der Waals surface area (Å²) in [6.07, 6.45) is -8.83. The number of nitrogens with zero attached hydrogens (tertiary/aromatic N) is 3. The molecule has 4 rings (SSSR count). The molecule has 2 aromatic rings. The van der Waals surface area contributed by atoms with Crippen LogP contribution in [0.5, 0.6) is 0 Å². The fourth-order valence-electron chi connectivity index (χ4n) is 3.70. The lowest BCUT2D eigenvalue weighted by molar-refractivity contribution is -0.383. The van der Waals surface area contributed by atoms with Crippen LogP contribution >= 0.6 is 7.67 Å². The van der Waals surface area contributed by atoms with Crippen LogP contribution in [0.15, 0.2) is 36.4 Å². The monoisotopic (exact) mass is 517 g/mol. The van der Waals surface area contributed by atoms with Gasteiger partial charge in [0.25, 0.3) is 5.69 Å². The van der Waals surface area contributed by atoms with Crippen LogP contribution in [0.25, 0.3) is 10.8 Å². The van der Waals surface area contributed by atoms with Crippen LogP contribution in [0, 0.1) is 10.1 Å². The van der Waals surface area contributed by atoms with E-state index in [9.17, 15) is 58.5 Å². The van der Waals surface area contributed by atoms with Gasteiger partial charge in [-0.1, -0.05) is 22.9 Å². The fraction of sp³-hybridized carbons (Fsp3) is 0.375. The first kappa shape index (κ1) is 26.0.